The van der Waals surface area contributed by atoms with E-state index in [1.807, 2.05) is 35.5 Å². The Morgan fingerprint density at radius 2 is 1.90 bits per heavy atom. The molecule has 4 aliphatic rings. The lowest BCUT2D eigenvalue weighted by Gasteiger charge is -2.29. The van der Waals surface area contributed by atoms with Crippen molar-refractivity contribution in [3.05, 3.63) is 113 Å². The van der Waals surface area contributed by atoms with Gasteiger partial charge in [-0.1, -0.05) is 36.4 Å². The molecular formula is C29H27BClN7O2+. The summed E-state index contributed by atoms with van der Waals surface area (Å²) in [6.07, 6.45) is 7.22. The Balaban J connectivity index is 1.32. The molecule has 0 bridgehead atoms. The van der Waals surface area contributed by atoms with Gasteiger partial charge >= 0.3 is 7.55 Å². The van der Waals surface area contributed by atoms with Gasteiger partial charge in [-0.25, -0.2) is 5.01 Å². The van der Waals surface area contributed by atoms with Crippen LogP contribution >= 0.6 is 11.6 Å². The van der Waals surface area contributed by atoms with Gasteiger partial charge in [0.05, 0.1) is 18.8 Å². The number of hydrogen-bond acceptors (Lipinski definition) is 5. The smallest absolute Gasteiger partial charge is 0.390 e. The van der Waals surface area contributed by atoms with Crippen molar-refractivity contribution in [2.45, 2.75) is 13.0 Å². The first kappa shape index (κ1) is 24.8. The Labute approximate surface area is 237 Å². The van der Waals surface area contributed by atoms with Crippen LogP contribution in [0.2, 0.25) is 0 Å². The van der Waals surface area contributed by atoms with Crippen LogP contribution in [-0.2, 0) is 17.8 Å². The Bertz CT molecular complexity index is 1640. The van der Waals surface area contributed by atoms with Gasteiger partial charge in [0.15, 0.2) is 0 Å². The molecule has 1 aromatic heterocycles. The van der Waals surface area contributed by atoms with Gasteiger partial charge < -0.3 is 20.3 Å². The number of hydrogen-bond donors (Lipinski definition) is 4. The second-order valence-electron chi connectivity index (χ2n) is 10.0. The van der Waals surface area contributed by atoms with Gasteiger partial charge in [-0.15, -0.1) is 17.1 Å². The fourth-order valence-corrected chi connectivity index (χ4v) is 5.75. The van der Waals surface area contributed by atoms with E-state index in [2.05, 4.69) is 86.2 Å². The van der Waals surface area contributed by atoms with Crippen molar-refractivity contribution in [3.8, 4) is 0 Å². The zero-order chi connectivity index (χ0) is 27.2. The molecule has 2 aromatic carbocycles. The number of anilines is 2. The summed E-state index contributed by atoms with van der Waals surface area (Å²) < 4.78 is 4.58. The second kappa shape index (κ2) is 10.1. The zero-order valence-electron chi connectivity index (χ0n) is 21.6. The van der Waals surface area contributed by atoms with Crippen molar-refractivity contribution >= 4 is 48.0 Å². The van der Waals surface area contributed by atoms with Crippen LogP contribution in [-0.4, -0.2) is 57.3 Å². The van der Waals surface area contributed by atoms with Crippen molar-refractivity contribution in [3.63, 3.8) is 0 Å². The number of nitrogens with one attached hydrogen (secondary N) is 3. The molecule has 0 spiro atoms. The fraction of sp³-hybridized carbons (Fsp3) is 0.172. The number of aliphatic hydroxyl groups excluding tert-OH is 1. The number of nitrogens with zero attached hydrogens (tertiary/aromatic N) is 4. The Morgan fingerprint density at radius 3 is 2.67 bits per heavy atom. The zero-order valence-corrected chi connectivity index (χ0v) is 22.4. The third-order valence-electron chi connectivity index (χ3n) is 7.61. The Hall–Kier alpha value is -4.25. The first-order valence-electron chi connectivity index (χ1n) is 13.2. The topological polar surface area (TPSA) is 87.8 Å². The summed E-state index contributed by atoms with van der Waals surface area (Å²) in [6.45, 7) is 1.70. The molecule has 1 amide bonds. The van der Waals surface area contributed by atoms with Crippen LogP contribution in [0.15, 0.2) is 90.4 Å². The van der Waals surface area contributed by atoms with Crippen molar-refractivity contribution in [2.75, 3.05) is 29.4 Å². The molecule has 40 heavy (non-hydrogen) atoms. The lowest BCUT2D eigenvalue weighted by Crippen LogP contribution is -2.45. The predicted molar refractivity (Wildman–Crippen MR) is 156 cm³/mol. The van der Waals surface area contributed by atoms with Crippen molar-refractivity contribution in [1.82, 2.24) is 20.2 Å². The largest absolute Gasteiger partial charge is 0.553 e. The molecule has 11 heteroatoms. The fourth-order valence-electron chi connectivity index (χ4n) is 5.68. The van der Waals surface area contributed by atoms with Crippen molar-refractivity contribution in [2.24, 2.45) is 0 Å². The highest BCUT2D eigenvalue weighted by Gasteiger charge is 2.41. The van der Waals surface area contributed by atoms with E-state index in [9.17, 15) is 9.90 Å². The first-order valence-corrected chi connectivity index (χ1v) is 13.7. The van der Waals surface area contributed by atoms with Crippen LogP contribution < -0.4 is 21.3 Å². The van der Waals surface area contributed by atoms with Crippen LogP contribution in [0.5, 0.6) is 0 Å². The average Bonchev–Trinajstić information content (AvgIpc) is 3.74. The highest BCUT2D eigenvalue weighted by atomic mass is 35.5. The molecule has 199 valence electrons. The molecule has 0 saturated heterocycles. The summed E-state index contributed by atoms with van der Waals surface area (Å²) in [5.41, 5.74) is 14.5. The minimum absolute atomic E-state index is 0.0889. The summed E-state index contributed by atoms with van der Waals surface area (Å²) in [5.74, 6) is 1.69. The van der Waals surface area contributed by atoms with Gasteiger partial charge in [0.2, 0.25) is 5.91 Å². The number of aliphatic hydroxyl groups is 1. The summed E-state index contributed by atoms with van der Waals surface area (Å²) in [7, 11) is 2.13. The maximum atomic E-state index is 11.8. The number of allylic oxidation sites excluding steroid dienone is 1. The number of benzene rings is 2. The SMILES string of the molecule is O=C(CCl)Nc1ccc(C2=C3C=CC(=[N+]4CCc5ccccc5C4)N3[B]n3c2ccc3N2C=C(CO)NN2)cc1. The van der Waals surface area contributed by atoms with Gasteiger partial charge in [-0.3, -0.25) is 14.2 Å². The van der Waals surface area contributed by atoms with Gasteiger partial charge in [0.25, 0.3) is 5.84 Å². The van der Waals surface area contributed by atoms with Crippen LogP contribution in [0.3, 0.4) is 0 Å². The number of amides is 1. The van der Waals surface area contributed by atoms with Crippen LogP contribution in [0, 0.1) is 0 Å². The number of amidine groups is 1. The van der Waals surface area contributed by atoms with E-state index < -0.39 is 0 Å². The maximum Gasteiger partial charge on any atom is 0.553 e. The van der Waals surface area contributed by atoms with E-state index in [1.54, 1.807) is 0 Å². The molecule has 0 unspecified atom stereocenters. The average molecular weight is 552 g/mol. The maximum absolute atomic E-state index is 11.8. The van der Waals surface area contributed by atoms with E-state index in [1.165, 1.54) is 11.1 Å². The second-order valence-corrected chi connectivity index (χ2v) is 10.3. The molecule has 3 aromatic rings. The number of carbonyl (C=O) groups is 1. The van der Waals surface area contributed by atoms with Gasteiger partial charge in [0, 0.05) is 35.7 Å². The Morgan fingerprint density at radius 1 is 1.07 bits per heavy atom. The Kier molecular flexibility index (Phi) is 6.23. The van der Waals surface area contributed by atoms with E-state index in [0.717, 1.165) is 53.7 Å². The molecule has 0 fully saturated rings. The number of rotatable bonds is 5. The highest BCUT2D eigenvalue weighted by Crippen LogP contribution is 2.39. The van der Waals surface area contributed by atoms with Crippen LogP contribution in [0.4, 0.5) is 11.5 Å². The predicted octanol–water partition coefficient (Wildman–Crippen LogP) is 2.52. The van der Waals surface area contributed by atoms with E-state index >= 15 is 0 Å². The number of halogens is 1. The number of alkyl halides is 1. The minimum atomic E-state index is -0.239. The highest BCUT2D eigenvalue weighted by molar-refractivity contribution is 6.41. The van der Waals surface area contributed by atoms with Gasteiger partial charge in [-0.05, 0) is 47.0 Å². The molecule has 9 nitrogen and oxygen atoms in total. The molecule has 1 radical (unpaired) electrons. The molecule has 4 aliphatic heterocycles. The van der Waals surface area contributed by atoms with Crippen LogP contribution in [0.1, 0.15) is 22.4 Å². The normalized spacial score (nSPS) is 19.1. The lowest BCUT2D eigenvalue weighted by atomic mass is 9.91. The van der Waals surface area contributed by atoms with E-state index in [-0.39, 0.29) is 18.4 Å². The molecule has 5 heterocycles. The number of aromatic nitrogens is 1. The third kappa shape index (κ3) is 4.21. The monoisotopic (exact) mass is 551 g/mol. The molecule has 0 aliphatic carbocycles. The number of fused-ring (bicyclic) bond motifs is 3. The summed E-state index contributed by atoms with van der Waals surface area (Å²) >= 11 is 5.68. The van der Waals surface area contributed by atoms with Crippen molar-refractivity contribution < 1.29 is 14.5 Å². The van der Waals surface area contributed by atoms with E-state index in [0.29, 0.717) is 11.4 Å². The number of carbonyl (C=O) groups excluding carboxylic acids is 1. The summed E-state index contributed by atoms with van der Waals surface area (Å²) in [5, 5.41) is 14.3. The van der Waals surface area contributed by atoms with E-state index in [4.69, 9.17) is 11.6 Å². The standard InChI is InChI=1S/C29H26BClN7O2/c31-15-26(40)32-22-7-5-20(6-8-22)29-24-9-11-27(35-14-13-19-3-1-2-4-21(19)16-35)37(24)30-38-25(29)10-12-28(38)36-17-23(18-39)33-34-36/h1-12,17,33-34,39H,13-16,18H2/p+1. The minimum Gasteiger partial charge on any atom is -0.390 e. The molecule has 0 saturated carbocycles. The molecule has 7 rings (SSSR count). The first-order chi connectivity index (χ1) is 19.6. The molecule has 0 atom stereocenters. The molecular weight excluding hydrogens is 525 g/mol. The number of hydrazine groups is 2. The molecule has 4 N–H and O–H groups in total. The van der Waals surface area contributed by atoms with Crippen molar-refractivity contribution in [1.29, 1.82) is 0 Å². The quantitative estimate of drug-likeness (QED) is 0.222. The summed E-state index contributed by atoms with van der Waals surface area (Å²) in [4.78, 5) is 14.1. The lowest BCUT2D eigenvalue weighted by molar-refractivity contribution is -0.550. The summed E-state index contributed by atoms with van der Waals surface area (Å²) in [6, 6.07) is 20.7. The van der Waals surface area contributed by atoms with Crippen LogP contribution in [0.25, 0.3) is 5.57 Å². The van der Waals surface area contributed by atoms with Gasteiger partial charge in [0.1, 0.15) is 23.9 Å². The third-order valence-corrected chi connectivity index (χ3v) is 7.85. The van der Waals surface area contributed by atoms with Gasteiger partial charge in [-0.2, -0.15) is 0 Å².